The molecule has 0 heterocycles. The average molecular weight is 312 g/mol. The van der Waals surface area contributed by atoms with Gasteiger partial charge in [0.25, 0.3) is 11.4 Å². The van der Waals surface area contributed by atoms with Crippen LogP contribution in [-0.2, 0) is 14.3 Å². The molecule has 10 nitrogen and oxygen atoms in total. The van der Waals surface area contributed by atoms with Crippen molar-refractivity contribution in [2.24, 2.45) is 0 Å². The minimum Gasteiger partial charge on any atom is -0.463 e. The van der Waals surface area contributed by atoms with Crippen LogP contribution in [0.2, 0.25) is 0 Å². The number of non-ortho nitro benzene ring substituents is 2. The van der Waals surface area contributed by atoms with Gasteiger partial charge in [0.15, 0.2) is 6.10 Å². The van der Waals surface area contributed by atoms with Gasteiger partial charge in [-0.1, -0.05) is 0 Å². The van der Waals surface area contributed by atoms with Crippen LogP contribution in [0.3, 0.4) is 0 Å². The van der Waals surface area contributed by atoms with Crippen molar-refractivity contribution in [3.8, 4) is 0 Å². The van der Waals surface area contributed by atoms with Crippen LogP contribution < -0.4 is 0 Å². The Morgan fingerprint density at radius 1 is 1.14 bits per heavy atom. The van der Waals surface area contributed by atoms with Crippen molar-refractivity contribution < 1.29 is 28.9 Å². The van der Waals surface area contributed by atoms with E-state index in [4.69, 9.17) is 4.74 Å². The highest BCUT2D eigenvalue weighted by molar-refractivity contribution is 5.92. The molecule has 1 aromatic rings. The van der Waals surface area contributed by atoms with E-state index in [0.717, 1.165) is 12.1 Å². The van der Waals surface area contributed by atoms with E-state index in [0.29, 0.717) is 6.07 Å². The Morgan fingerprint density at radius 2 is 1.64 bits per heavy atom. The molecule has 118 valence electrons. The smallest absolute Gasteiger partial charge is 0.347 e. The summed E-state index contributed by atoms with van der Waals surface area (Å²) in [6.45, 7) is 2.90. The van der Waals surface area contributed by atoms with Gasteiger partial charge >= 0.3 is 11.9 Å². The van der Waals surface area contributed by atoms with Crippen LogP contribution in [0.15, 0.2) is 18.2 Å². The van der Waals surface area contributed by atoms with Gasteiger partial charge in [-0.2, -0.15) is 0 Å². The van der Waals surface area contributed by atoms with Crippen molar-refractivity contribution in [3.05, 3.63) is 44.0 Å². The average Bonchev–Trinajstić information content (AvgIpc) is 2.46. The Morgan fingerprint density at radius 3 is 2.05 bits per heavy atom. The summed E-state index contributed by atoms with van der Waals surface area (Å²) in [7, 11) is 0. The van der Waals surface area contributed by atoms with Gasteiger partial charge in [0.1, 0.15) is 0 Å². The van der Waals surface area contributed by atoms with Crippen molar-refractivity contribution in [2.75, 3.05) is 6.61 Å². The maximum absolute atomic E-state index is 11.8. The van der Waals surface area contributed by atoms with Crippen molar-refractivity contribution in [1.29, 1.82) is 0 Å². The lowest BCUT2D eigenvalue weighted by Gasteiger charge is -2.11. The fraction of sp³-hybridized carbons (Fsp3) is 0.333. The number of ether oxygens (including phenoxy) is 2. The molecule has 0 spiro atoms. The molecule has 0 aliphatic heterocycles. The molecule has 0 bridgehead atoms. The van der Waals surface area contributed by atoms with Gasteiger partial charge in [-0.05, 0) is 13.8 Å². The maximum Gasteiger partial charge on any atom is 0.347 e. The monoisotopic (exact) mass is 312 g/mol. The molecule has 10 heteroatoms. The summed E-state index contributed by atoms with van der Waals surface area (Å²) in [5, 5.41) is 21.4. The molecule has 0 saturated heterocycles. The number of benzene rings is 1. The number of nitro groups is 2. The van der Waals surface area contributed by atoms with Crippen LogP contribution in [0, 0.1) is 20.2 Å². The summed E-state index contributed by atoms with van der Waals surface area (Å²) in [4.78, 5) is 42.9. The SMILES string of the molecule is CCOC(=O)C(C)OC(=O)c1cc([N+](=O)[O-])cc([N+](=O)[O-])c1. The maximum atomic E-state index is 11.8. The molecule has 1 atom stereocenters. The lowest BCUT2D eigenvalue weighted by Crippen LogP contribution is -2.26. The molecular weight excluding hydrogens is 300 g/mol. The second-order valence-electron chi connectivity index (χ2n) is 4.05. The van der Waals surface area contributed by atoms with E-state index in [2.05, 4.69) is 4.74 Å². The molecule has 22 heavy (non-hydrogen) atoms. The Bertz CT molecular complexity index is 595. The molecule has 0 aromatic heterocycles. The van der Waals surface area contributed by atoms with Crippen molar-refractivity contribution in [2.45, 2.75) is 20.0 Å². The Balaban J connectivity index is 3.04. The minimum atomic E-state index is -1.24. The van der Waals surface area contributed by atoms with Crippen molar-refractivity contribution in [3.63, 3.8) is 0 Å². The van der Waals surface area contributed by atoms with E-state index in [1.54, 1.807) is 6.92 Å². The highest BCUT2D eigenvalue weighted by atomic mass is 16.6. The second-order valence-corrected chi connectivity index (χ2v) is 4.05. The van der Waals surface area contributed by atoms with E-state index in [1.165, 1.54) is 6.92 Å². The van der Waals surface area contributed by atoms with Crippen molar-refractivity contribution in [1.82, 2.24) is 0 Å². The zero-order valence-electron chi connectivity index (χ0n) is 11.7. The first-order chi connectivity index (χ1) is 10.3. The zero-order chi connectivity index (χ0) is 16.9. The third kappa shape index (κ3) is 4.23. The van der Waals surface area contributed by atoms with Gasteiger partial charge in [0.05, 0.1) is 28.1 Å². The summed E-state index contributed by atoms with van der Waals surface area (Å²) in [5.74, 6) is -1.90. The summed E-state index contributed by atoms with van der Waals surface area (Å²) >= 11 is 0. The first-order valence-electron chi connectivity index (χ1n) is 6.07. The molecule has 0 saturated carbocycles. The van der Waals surface area contributed by atoms with E-state index in [-0.39, 0.29) is 6.61 Å². The largest absolute Gasteiger partial charge is 0.463 e. The van der Waals surface area contributed by atoms with Gasteiger partial charge in [0.2, 0.25) is 0 Å². The molecule has 0 N–H and O–H groups in total. The van der Waals surface area contributed by atoms with Gasteiger partial charge in [-0.3, -0.25) is 20.2 Å². The molecule has 0 radical (unpaired) electrons. The van der Waals surface area contributed by atoms with Crippen LogP contribution in [0.25, 0.3) is 0 Å². The Labute approximate surface area is 123 Å². The molecule has 0 aliphatic rings. The van der Waals surface area contributed by atoms with Gasteiger partial charge in [0, 0.05) is 12.1 Å². The summed E-state index contributed by atoms with van der Waals surface area (Å²) in [6.07, 6.45) is -1.24. The summed E-state index contributed by atoms with van der Waals surface area (Å²) in [5.41, 5.74) is -1.67. The predicted molar refractivity (Wildman–Crippen MR) is 71.3 cm³/mol. The number of hydrogen-bond acceptors (Lipinski definition) is 8. The van der Waals surface area contributed by atoms with Crippen LogP contribution in [0.1, 0.15) is 24.2 Å². The van der Waals surface area contributed by atoms with E-state index in [1.807, 2.05) is 0 Å². The first kappa shape index (κ1) is 17.0. The number of hydrogen-bond donors (Lipinski definition) is 0. The highest BCUT2D eigenvalue weighted by Gasteiger charge is 2.24. The number of esters is 2. The molecule has 0 amide bonds. The number of nitrogens with zero attached hydrogens (tertiary/aromatic N) is 2. The third-order valence-electron chi connectivity index (χ3n) is 2.46. The van der Waals surface area contributed by atoms with Crippen LogP contribution in [-0.4, -0.2) is 34.5 Å². The fourth-order valence-corrected chi connectivity index (χ4v) is 1.46. The molecule has 1 aromatic carbocycles. The van der Waals surface area contributed by atoms with Crippen LogP contribution >= 0.6 is 0 Å². The van der Waals surface area contributed by atoms with Crippen LogP contribution in [0.5, 0.6) is 0 Å². The standard InChI is InChI=1S/C12H12N2O8/c1-3-21-11(15)7(2)22-12(16)8-4-9(13(17)18)6-10(5-8)14(19)20/h4-7H,3H2,1-2H3. The van der Waals surface area contributed by atoms with E-state index >= 15 is 0 Å². The predicted octanol–water partition coefficient (Wildman–Crippen LogP) is 1.61. The Hall–Kier alpha value is -3.04. The minimum absolute atomic E-state index is 0.0863. The number of nitro benzene ring substituents is 2. The first-order valence-corrected chi connectivity index (χ1v) is 6.07. The second kappa shape index (κ2) is 7.11. The summed E-state index contributed by atoms with van der Waals surface area (Å²) in [6, 6.07) is 2.37. The number of carbonyl (C=O) groups is 2. The lowest BCUT2D eigenvalue weighted by molar-refractivity contribution is -0.394. The highest BCUT2D eigenvalue weighted by Crippen LogP contribution is 2.23. The molecule has 1 rings (SSSR count). The number of carbonyl (C=O) groups excluding carboxylic acids is 2. The quantitative estimate of drug-likeness (QED) is 0.438. The number of rotatable bonds is 6. The normalized spacial score (nSPS) is 11.4. The van der Waals surface area contributed by atoms with Crippen LogP contribution in [0.4, 0.5) is 11.4 Å². The van der Waals surface area contributed by atoms with Gasteiger partial charge in [-0.15, -0.1) is 0 Å². The van der Waals surface area contributed by atoms with Crippen molar-refractivity contribution >= 4 is 23.3 Å². The van der Waals surface area contributed by atoms with Gasteiger partial charge in [-0.25, -0.2) is 9.59 Å². The van der Waals surface area contributed by atoms with E-state index < -0.39 is 44.8 Å². The molecule has 1 unspecified atom stereocenters. The molecule has 0 fully saturated rings. The Kier molecular flexibility index (Phi) is 5.50. The third-order valence-corrected chi connectivity index (χ3v) is 2.46. The fourth-order valence-electron chi connectivity index (χ4n) is 1.46. The van der Waals surface area contributed by atoms with Gasteiger partial charge < -0.3 is 9.47 Å². The topological polar surface area (TPSA) is 139 Å². The molecule has 0 aliphatic carbocycles. The van der Waals surface area contributed by atoms with E-state index in [9.17, 15) is 29.8 Å². The zero-order valence-corrected chi connectivity index (χ0v) is 11.7. The lowest BCUT2D eigenvalue weighted by atomic mass is 10.1. The molecular formula is C12H12N2O8. The summed E-state index contributed by atoms with van der Waals surface area (Å²) < 4.78 is 9.39.